The highest BCUT2D eigenvalue weighted by Crippen LogP contribution is 2.14. The monoisotopic (exact) mass is 235 g/mol. The highest BCUT2D eigenvalue weighted by atomic mass is 32.2. The quantitative estimate of drug-likeness (QED) is 0.619. The minimum Gasteiger partial charge on any atom is -0.316 e. The molecule has 1 fully saturated rings. The lowest BCUT2D eigenvalue weighted by Crippen LogP contribution is -2.48. The molecule has 0 bridgehead atoms. The molecule has 0 radical (unpaired) electrons. The maximum Gasteiger partial charge on any atom is 0.277 e. The summed E-state index contributed by atoms with van der Waals surface area (Å²) in [4.78, 5) is 0. The van der Waals surface area contributed by atoms with Crippen LogP contribution in [0.2, 0.25) is 0 Å². The normalized spacial score (nSPS) is 25.1. The van der Waals surface area contributed by atoms with Crippen molar-refractivity contribution in [2.24, 2.45) is 5.92 Å². The molecule has 0 aromatic rings. The van der Waals surface area contributed by atoms with E-state index in [1.54, 1.807) is 6.92 Å². The van der Waals surface area contributed by atoms with Crippen LogP contribution < -0.4 is 14.8 Å². The minimum absolute atomic E-state index is 0.0122. The van der Waals surface area contributed by atoms with E-state index in [4.69, 9.17) is 0 Å². The van der Waals surface area contributed by atoms with Crippen LogP contribution in [-0.4, -0.2) is 34.1 Å². The second-order valence-electron chi connectivity index (χ2n) is 4.01. The maximum absolute atomic E-state index is 11.4. The van der Waals surface area contributed by atoms with Crippen molar-refractivity contribution >= 4 is 10.2 Å². The smallest absolute Gasteiger partial charge is 0.277 e. The standard InChI is InChI=1S/C9H21N3O2S/c1-3-11-15(13,14)12-8(2)9-5-4-6-10-7-9/h8-12H,3-7H2,1-2H3. The topological polar surface area (TPSA) is 70.2 Å². The SMILES string of the molecule is CCNS(=O)(=O)NC(C)C1CCCNC1. The fraction of sp³-hybridized carbons (Fsp3) is 1.00. The Bertz CT molecular complexity index is 273. The Kier molecular flexibility index (Phi) is 4.98. The molecule has 1 saturated heterocycles. The molecule has 15 heavy (non-hydrogen) atoms. The van der Waals surface area contributed by atoms with Crippen LogP contribution in [0.25, 0.3) is 0 Å². The first-order chi connectivity index (χ1) is 7.05. The highest BCUT2D eigenvalue weighted by molar-refractivity contribution is 7.87. The molecule has 2 atom stereocenters. The molecule has 0 aromatic heterocycles. The molecule has 6 heteroatoms. The number of rotatable bonds is 5. The van der Waals surface area contributed by atoms with Crippen LogP contribution in [0.3, 0.4) is 0 Å². The number of nitrogens with one attached hydrogen (secondary N) is 3. The number of hydrogen-bond acceptors (Lipinski definition) is 3. The van der Waals surface area contributed by atoms with Crippen molar-refractivity contribution in [1.82, 2.24) is 14.8 Å². The average Bonchev–Trinajstić information content (AvgIpc) is 2.18. The average molecular weight is 235 g/mol. The van der Waals surface area contributed by atoms with E-state index < -0.39 is 10.2 Å². The van der Waals surface area contributed by atoms with E-state index in [-0.39, 0.29) is 6.04 Å². The Morgan fingerprint density at radius 1 is 1.53 bits per heavy atom. The third-order valence-electron chi connectivity index (χ3n) is 2.72. The molecular formula is C9H21N3O2S. The minimum atomic E-state index is -3.31. The van der Waals surface area contributed by atoms with Crippen LogP contribution in [0.15, 0.2) is 0 Å². The summed E-state index contributed by atoms with van der Waals surface area (Å²) in [5.41, 5.74) is 0. The third kappa shape index (κ3) is 4.46. The molecule has 0 amide bonds. The van der Waals surface area contributed by atoms with E-state index in [2.05, 4.69) is 14.8 Å². The third-order valence-corrected chi connectivity index (χ3v) is 4.07. The van der Waals surface area contributed by atoms with E-state index in [0.29, 0.717) is 12.5 Å². The van der Waals surface area contributed by atoms with Crippen LogP contribution in [-0.2, 0) is 10.2 Å². The molecular weight excluding hydrogens is 214 g/mol. The van der Waals surface area contributed by atoms with Crippen molar-refractivity contribution in [3.8, 4) is 0 Å². The molecule has 0 aromatic carbocycles. The predicted molar refractivity (Wildman–Crippen MR) is 60.8 cm³/mol. The summed E-state index contributed by atoms with van der Waals surface area (Å²) in [5, 5.41) is 3.28. The Morgan fingerprint density at radius 3 is 2.80 bits per heavy atom. The highest BCUT2D eigenvalue weighted by Gasteiger charge is 2.23. The van der Waals surface area contributed by atoms with E-state index in [0.717, 1.165) is 25.9 Å². The molecule has 1 aliphatic rings. The van der Waals surface area contributed by atoms with Crippen molar-refractivity contribution in [2.45, 2.75) is 32.7 Å². The van der Waals surface area contributed by atoms with Gasteiger partial charge in [-0.15, -0.1) is 0 Å². The molecule has 0 spiro atoms. The molecule has 1 rings (SSSR count). The van der Waals surface area contributed by atoms with Gasteiger partial charge in [-0.2, -0.15) is 13.1 Å². The zero-order valence-corrected chi connectivity index (χ0v) is 10.2. The Morgan fingerprint density at radius 2 is 2.27 bits per heavy atom. The van der Waals surface area contributed by atoms with Gasteiger partial charge in [0.1, 0.15) is 0 Å². The van der Waals surface area contributed by atoms with Crippen molar-refractivity contribution in [3.05, 3.63) is 0 Å². The van der Waals surface area contributed by atoms with Gasteiger partial charge in [0.15, 0.2) is 0 Å². The first kappa shape index (κ1) is 12.9. The summed E-state index contributed by atoms with van der Waals surface area (Å²) in [6.45, 7) is 6.06. The van der Waals surface area contributed by atoms with Gasteiger partial charge >= 0.3 is 0 Å². The van der Waals surface area contributed by atoms with E-state index in [9.17, 15) is 8.42 Å². The van der Waals surface area contributed by atoms with Gasteiger partial charge in [0.05, 0.1) is 0 Å². The van der Waals surface area contributed by atoms with Gasteiger partial charge in [-0.25, -0.2) is 4.72 Å². The van der Waals surface area contributed by atoms with Gasteiger partial charge in [-0.05, 0) is 38.8 Å². The van der Waals surface area contributed by atoms with E-state index >= 15 is 0 Å². The predicted octanol–water partition coefficient (Wildman–Crippen LogP) is -0.182. The van der Waals surface area contributed by atoms with Crippen LogP contribution in [0, 0.1) is 5.92 Å². The molecule has 1 aliphatic heterocycles. The van der Waals surface area contributed by atoms with Crippen LogP contribution in [0.5, 0.6) is 0 Å². The lowest BCUT2D eigenvalue weighted by Gasteiger charge is -2.28. The van der Waals surface area contributed by atoms with Crippen molar-refractivity contribution in [3.63, 3.8) is 0 Å². The van der Waals surface area contributed by atoms with Crippen LogP contribution >= 0.6 is 0 Å². The van der Waals surface area contributed by atoms with Gasteiger partial charge in [0, 0.05) is 12.6 Å². The fourth-order valence-corrected chi connectivity index (χ4v) is 3.02. The molecule has 0 aliphatic carbocycles. The summed E-state index contributed by atoms with van der Waals surface area (Å²) < 4.78 is 28.0. The van der Waals surface area contributed by atoms with Crippen LogP contribution in [0.1, 0.15) is 26.7 Å². The van der Waals surface area contributed by atoms with Gasteiger partial charge in [-0.3, -0.25) is 0 Å². The molecule has 0 saturated carbocycles. The first-order valence-corrected chi connectivity index (χ1v) is 7.01. The van der Waals surface area contributed by atoms with Crippen molar-refractivity contribution < 1.29 is 8.42 Å². The number of hydrogen-bond donors (Lipinski definition) is 3. The lowest BCUT2D eigenvalue weighted by atomic mass is 9.94. The Balaban J connectivity index is 2.43. The second-order valence-corrected chi connectivity index (χ2v) is 5.55. The van der Waals surface area contributed by atoms with Crippen molar-refractivity contribution in [2.75, 3.05) is 19.6 Å². The molecule has 90 valence electrons. The maximum atomic E-state index is 11.4. The first-order valence-electron chi connectivity index (χ1n) is 5.53. The van der Waals surface area contributed by atoms with Crippen molar-refractivity contribution in [1.29, 1.82) is 0 Å². The van der Waals surface area contributed by atoms with Gasteiger partial charge in [0.25, 0.3) is 10.2 Å². The summed E-state index contributed by atoms with van der Waals surface area (Å²) in [7, 11) is -3.31. The zero-order chi connectivity index (χ0) is 11.3. The van der Waals surface area contributed by atoms with Gasteiger partial charge < -0.3 is 5.32 Å². The second kappa shape index (κ2) is 5.79. The molecule has 3 N–H and O–H groups in total. The lowest BCUT2D eigenvalue weighted by molar-refractivity contribution is 0.319. The molecule has 1 heterocycles. The Hall–Kier alpha value is -0.170. The van der Waals surface area contributed by atoms with Gasteiger partial charge in [-0.1, -0.05) is 6.92 Å². The number of piperidine rings is 1. The fourth-order valence-electron chi connectivity index (χ4n) is 1.88. The summed E-state index contributed by atoms with van der Waals surface area (Å²) in [5.74, 6) is 0.396. The molecule has 5 nitrogen and oxygen atoms in total. The summed E-state index contributed by atoms with van der Waals surface area (Å²) in [6.07, 6.45) is 2.21. The van der Waals surface area contributed by atoms with Crippen LogP contribution in [0.4, 0.5) is 0 Å². The summed E-state index contributed by atoms with van der Waals surface area (Å²) >= 11 is 0. The van der Waals surface area contributed by atoms with E-state index in [1.165, 1.54) is 0 Å². The zero-order valence-electron chi connectivity index (χ0n) is 9.41. The van der Waals surface area contributed by atoms with E-state index in [1.807, 2.05) is 6.92 Å². The van der Waals surface area contributed by atoms with Gasteiger partial charge in [0.2, 0.25) is 0 Å². The molecule has 2 unspecified atom stereocenters. The largest absolute Gasteiger partial charge is 0.316 e. The summed E-state index contributed by atoms with van der Waals surface area (Å²) in [6, 6.07) is -0.0122. The Labute approximate surface area is 92.2 Å².